The Morgan fingerprint density at radius 3 is 2.38 bits per heavy atom. The van der Waals surface area contributed by atoms with Crippen molar-refractivity contribution in [3.05, 3.63) is 35.6 Å². The monoisotopic (exact) mass is 223 g/mol. The molecular weight excluding hydrogens is 205 g/mol. The Balaban J connectivity index is 2.60. The van der Waals surface area contributed by atoms with E-state index in [1.54, 1.807) is 0 Å². The second-order valence-electron chi connectivity index (χ2n) is 3.80. The molecule has 3 heteroatoms. The maximum absolute atomic E-state index is 12.7. The fourth-order valence-electron chi connectivity index (χ4n) is 1.60. The van der Waals surface area contributed by atoms with E-state index in [1.807, 2.05) is 6.92 Å². The molecule has 0 bridgehead atoms. The zero-order valence-corrected chi connectivity index (χ0v) is 9.87. The molecule has 0 spiro atoms. The lowest BCUT2D eigenvalue weighted by Gasteiger charge is -2.18. The summed E-state index contributed by atoms with van der Waals surface area (Å²) in [5, 5.41) is 0. The van der Waals surface area contributed by atoms with Crippen LogP contribution in [0.3, 0.4) is 0 Å². The predicted molar refractivity (Wildman–Crippen MR) is 63.1 cm³/mol. The number of carbonyl (C=O) groups is 1. The molecule has 1 aromatic rings. The third-order valence-electron chi connectivity index (χ3n) is 2.52. The first-order valence-electron chi connectivity index (χ1n) is 5.68. The number of hydrogen-bond acceptors (Lipinski definition) is 2. The van der Waals surface area contributed by atoms with Crippen molar-refractivity contribution in [2.75, 3.05) is 19.6 Å². The number of Topliss-reactive ketones (excluding diaryl/α,β-unsaturated/α-hetero) is 1. The van der Waals surface area contributed by atoms with Crippen molar-refractivity contribution in [1.29, 1.82) is 0 Å². The van der Waals surface area contributed by atoms with Gasteiger partial charge in [0.1, 0.15) is 5.82 Å². The van der Waals surface area contributed by atoms with Crippen LogP contribution in [0.2, 0.25) is 0 Å². The summed E-state index contributed by atoms with van der Waals surface area (Å²) in [6.45, 7) is 6.32. The Bertz CT molecular complexity index is 334. The quantitative estimate of drug-likeness (QED) is 0.691. The number of likely N-dealkylation sites (N-methyl/N-ethyl adjacent to an activating group) is 1. The molecule has 0 aliphatic rings. The summed E-state index contributed by atoms with van der Waals surface area (Å²) in [7, 11) is 0. The molecule has 16 heavy (non-hydrogen) atoms. The first-order chi connectivity index (χ1) is 7.67. The fraction of sp³-hybridized carbons (Fsp3) is 0.462. The molecule has 0 heterocycles. The van der Waals surface area contributed by atoms with Crippen LogP contribution in [0.1, 0.15) is 30.6 Å². The predicted octanol–water partition coefficient (Wildman–Crippen LogP) is 2.74. The number of rotatable bonds is 6. The van der Waals surface area contributed by atoms with E-state index in [0.717, 1.165) is 19.5 Å². The van der Waals surface area contributed by atoms with Crippen LogP contribution < -0.4 is 0 Å². The van der Waals surface area contributed by atoms with Gasteiger partial charge < -0.3 is 0 Å². The Hall–Kier alpha value is -1.22. The maximum atomic E-state index is 12.7. The van der Waals surface area contributed by atoms with E-state index < -0.39 is 0 Å². The number of halogens is 1. The van der Waals surface area contributed by atoms with Crippen LogP contribution in [0.4, 0.5) is 4.39 Å². The second-order valence-corrected chi connectivity index (χ2v) is 3.80. The van der Waals surface area contributed by atoms with Crippen LogP contribution in [-0.4, -0.2) is 30.3 Å². The van der Waals surface area contributed by atoms with Crippen LogP contribution in [-0.2, 0) is 0 Å². The molecule has 0 amide bonds. The highest BCUT2D eigenvalue weighted by molar-refractivity contribution is 5.97. The van der Waals surface area contributed by atoms with Gasteiger partial charge in [0.25, 0.3) is 0 Å². The molecule has 0 aliphatic carbocycles. The first kappa shape index (κ1) is 12.8. The van der Waals surface area contributed by atoms with E-state index in [4.69, 9.17) is 0 Å². The SMILES string of the molecule is CCCN(CC)CC(=O)c1ccc(F)cc1. The van der Waals surface area contributed by atoms with Crippen molar-refractivity contribution >= 4 is 5.78 Å². The molecule has 0 atom stereocenters. The average Bonchev–Trinajstić information content (AvgIpc) is 2.29. The van der Waals surface area contributed by atoms with Crippen LogP contribution in [0.15, 0.2) is 24.3 Å². The van der Waals surface area contributed by atoms with Crippen molar-refractivity contribution in [3.63, 3.8) is 0 Å². The lowest BCUT2D eigenvalue weighted by molar-refractivity contribution is 0.0934. The summed E-state index contributed by atoms with van der Waals surface area (Å²) in [5.74, 6) is -0.257. The van der Waals surface area contributed by atoms with Crippen LogP contribution in [0.5, 0.6) is 0 Å². The van der Waals surface area contributed by atoms with Gasteiger partial charge in [-0.3, -0.25) is 9.69 Å². The standard InChI is InChI=1S/C13H18FNO/c1-3-9-15(4-2)10-13(16)11-5-7-12(14)8-6-11/h5-8H,3-4,9-10H2,1-2H3. The zero-order valence-electron chi connectivity index (χ0n) is 9.87. The highest BCUT2D eigenvalue weighted by Crippen LogP contribution is 2.05. The van der Waals surface area contributed by atoms with Crippen molar-refractivity contribution in [2.24, 2.45) is 0 Å². The van der Waals surface area contributed by atoms with Gasteiger partial charge in [-0.1, -0.05) is 13.8 Å². The highest BCUT2D eigenvalue weighted by Gasteiger charge is 2.10. The number of nitrogens with zero attached hydrogens (tertiary/aromatic N) is 1. The molecule has 0 aliphatic heterocycles. The van der Waals surface area contributed by atoms with Gasteiger partial charge in [0.05, 0.1) is 6.54 Å². The summed E-state index contributed by atoms with van der Waals surface area (Å²) < 4.78 is 12.7. The smallest absolute Gasteiger partial charge is 0.176 e. The minimum Gasteiger partial charge on any atom is -0.296 e. The largest absolute Gasteiger partial charge is 0.296 e. The molecule has 2 nitrogen and oxygen atoms in total. The summed E-state index contributed by atoms with van der Waals surface area (Å²) in [4.78, 5) is 13.9. The Kier molecular flexibility index (Phi) is 5.12. The highest BCUT2D eigenvalue weighted by atomic mass is 19.1. The number of benzene rings is 1. The molecule has 1 rings (SSSR count). The molecular formula is C13H18FNO. The minimum atomic E-state index is -0.308. The van der Waals surface area contributed by atoms with Crippen LogP contribution in [0.25, 0.3) is 0 Å². The normalized spacial score (nSPS) is 10.8. The Labute approximate surface area is 96.1 Å². The van der Waals surface area contributed by atoms with Gasteiger partial charge in [-0.15, -0.1) is 0 Å². The van der Waals surface area contributed by atoms with Gasteiger partial charge in [-0.25, -0.2) is 4.39 Å². The van der Waals surface area contributed by atoms with E-state index in [0.29, 0.717) is 12.1 Å². The Morgan fingerprint density at radius 1 is 1.25 bits per heavy atom. The molecule has 88 valence electrons. The second kappa shape index (κ2) is 6.38. The average molecular weight is 223 g/mol. The van der Waals surface area contributed by atoms with Crippen molar-refractivity contribution in [2.45, 2.75) is 20.3 Å². The molecule has 1 aromatic carbocycles. The summed E-state index contributed by atoms with van der Waals surface area (Å²) >= 11 is 0. The minimum absolute atomic E-state index is 0.0512. The topological polar surface area (TPSA) is 20.3 Å². The molecule has 0 saturated heterocycles. The molecule has 0 aromatic heterocycles. The molecule has 0 N–H and O–H groups in total. The van der Waals surface area contributed by atoms with E-state index >= 15 is 0 Å². The molecule has 0 radical (unpaired) electrons. The number of ketones is 1. The van der Waals surface area contributed by atoms with Crippen molar-refractivity contribution in [3.8, 4) is 0 Å². The fourth-order valence-corrected chi connectivity index (χ4v) is 1.60. The van der Waals surface area contributed by atoms with E-state index in [2.05, 4.69) is 11.8 Å². The van der Waals surface area contributed by atoms with Gasteiger partial charge in [-0.2, -0.15) is 0 Å². The van der Waals surface area contributed by atoms with Crippen LogP contribution >= 0.6 is 0 Å². The van der Waals surface area contributed by atoms with Gasteiger partial charge >= 0.3 is 0 Å². The van der Waals surface area contributed by atoms with E-state index in [1.165, 1.54) is 24.3 Å². The number of hydrogen-bond donors (Lipinski definition) is 0. The van der Waals surface area contributed by atoms with Gasteiger partial charge in [0.15, 0.2) is 5.78 Å². The number of carbonyl (C=O) groups excluding carboxylic acids is 1. The van der Waals surface area contributed by atoms with Gasteiger partial charge in [0, 0.05) is 5.56 Å². The van der Waals surface area contributed by atoms with Gasteiger partial charge in [-0.05, 0) is 43.8 Å². The lowest BCUT2D eigenvalue weighted by Crippen LogP contribution is -2.30. The van der Waals surface area contributed by atoms with Crippen molar-refractivity contribution < 1.29 is 9.18 Å². The third-order valence-corrected chi connectivity index (χ3v) is 2.52. The van der Waals surface area contributed by atoms with Crippen molar-refractivity contribution in [1.82, 2.24) is 4.90 Å². The molecule has 0 saturated carbocycles. The lowest BCUT2D eigenvalue weighted by atomic mass is 10.1. The Morgan fingerprint density at radius 2 is 1.88 bits per heavy atom. The van der Waals surface area contributed by atoms with E-state index in [9.17, 15) is 9.18 Å². The first-order valence-corrected chi connectivity index (χ1v) is 5.68. The van der Waals surface area contributed by atoms with E-state index in [-0.39, 0.29) is 11.6 Å². The van der Waals surface area contributed by atoms with Crippen LogP contribution in [0, 0.1) is 5.82 Å². The zero-order chi connectivity index (χ0) is 12.0. The molecule has 0 unspecified atom stereocenters. The van der Waals surface area contributed by atoms with Gasteiger partial charge in [0.2, 0.25) is 0 Å². The molecule has 0 fully saturated rings. The summed E-state index contributed by atoms with van der Waals surface area (Å²) in [6, 6.07) is 5.72. The summed E-state index contributed by atoms with van der Waals surface area (Å²) in [6.07, 6.45) is 1.03. The third kappa shape index (κ3) is 3.74. The summed E-state index contributed by atoms with van der Waals surface area (Å²) in [5.41, 5.74) is 0.580. The maximum Gasteiger partial charge on any atom is 0.176 e.